The Morgan fingerprint density at radius 1 is 1.19 bits per heavy atom. The van der Waals surface area contributed by atoms with Gasteiger partial charge in [0.05, 0.1) is 5.75 Å². The summed E-state index contributed by atoms with van der Waals surface area (Å²) in [4.78, 5) is 25.6. The van der Waals surface area contributed by atoms with Crippen LogP contribution in [0.25, 0.3) is 0 Å². The van der Waals surface area contributed by atoms with Crippen molar-refractivity contribution in [2.24, 2.45) is 0 Å². The molecule has 1 aromatic heterocycles. The van der Waals surface area contributed by atoms with Gasteiger partial charge in [0, 0.05) is 32.2 Å². The number of nitrogens with zero attached hydrogens (tertiary/aromatic N) is 4. The van der Waals surface area contributed by atoms with Gasteiger partial charge < -0.3 is 9.80 Å². The van der Waals surface area contributed by atoms with E-state index in [-0.39, 0.29) is 5.91 Å². The lowest BCUT2D eigenvalue weighted by Gasteiger charge is -2.32. The van der Waals surface area contributed by atoms with Crippen LogP contribution in [0, 0.1) is 0 Å². The molecule has 0 aromatic carbocycles. The number of hydrogen-bond acceptors (Lipinski definition) is 5. The van der Waals surface area contributed by atoms with Crippen molar-refractivity contribution in [3.05, 3.63) is 11.2 Å². The molecule has 1 saturated carbocycles. The molecule has 0 spiro atoms. The molecule has 146 valence electrons. The smallest absolute Gasteiger partial charge is 0.233 e. The summed E-state index contributed by atoms with van der Waals surface area (Å²) in [6.07, 6.45) is 8.21. The molecule has 7 heteroatoms. The molecular formula is C19H31ClN4OS. The molecule has 1 aromatic rings. The van der Waals surface area contributed by atoms with E-state index in [1.54, 1.807) is 0 Å². The molecule has 0 N–H and O–H groups in total. The third-order valence-corrected chi connectivity index (χ3v) is 5.83. The largest absolute Gasteiger partial charge is 0.357 e. The Bertz CT molecular complexity index is 575. The predicted molar refractivity (Wildman–Crippen MR) is 110 cm³/mol. The van der Waals surface area contributed by atoms with Crippen molar-refractivity contribution < 1.29 is 4.79 Å². The summed E-state index contributed by atoms with van der Waals surface area (Å²) < 4.78 is 0. The second-order valence-electron chi connectivity index (χ2n) is 6.90. The first-order chi connectivity index (χ1) is 12.5. The SMILES string of the molecule is CCCN(CCC)C(=O)CSc1nc(Cl)cc(N(C)C2CCCCC2)n1. The number of aromatic nitrogens is 2. The lowest BCUT2D eigenvalue weighted by atomic mass is 9.94. The minimum Gasteiger partial charge on any atom is -0.357 e. The van der Waals surface area contributed by atoms with Gasteiger partial charge in [0.2, 0.25) is 5.91 Å². The minimum atomic E-state index is 0.143. The number of hydrogen-bond donors (Lipinski definition) is 0. The van der Waals surface area contributed by atoms with Crippen molar-refractivity contribution in [3.63, 3.8) is 0 Å². The highest BCUT2D eigenvalue weighted by Crippen LogP contribution is 2.27. The van der Waals surface area contributed by atoms with E-state index in [2.05, 4.69) is 35.8 Å². The van der Waals surface area contributed by atoms with Crippen LogP contribution in [0.3, 0.4) is 0 Å². The second-order valence-corrected chi connectivity index (χ2v) is 8.23. The molecule has 0 unspecified atom stereocenters. The van der Waals surface area contributed by atoms with Gasteiger partial charge in [-0.05, 0) is 25.7 Å². The Kier molecular flexibility index (Phi) is 8.99. The molecule has 1 fully saturated rings. The first-order valence-corrected chi connectivity index (χ1v) is 11.1. The Hall–Kier alpha value is -1.01. The number of thioether (sulfide) groups is 1. The summed E-state index contributed by atoms with van der Waals surface area (Å²) in [5.74, 6) is 1.35. The minimum absolute atomic E-state index is 0.143. The lowest BCUT2D eigenvalue weighted by Crippen LogP contribution is -2.34. The van der Waals surface area contributed by atoms with Gasteiger partial charge in [-0.15, -0.1) is 0 Å². The van der Waals surface area contributed by atoms with Crippen LogP contribution in [-0.2, 0) is 4.79 Å². The summed E-state index contributed by atoms with van der Waals surface area (Å²) >= 11 is 7.60. The normalized spacial score (nSPS) is 15.1. The number of carbonyl (C=O) groups is 1. The maximum atomic E-state index is 12.5. The zero-order valence-corrected chi connectivity index (χ0v) is 17.8. The molecule has 26 heavy (non-hydrogen) atoms. The third-order valence-electron chi connectivity index (χ3n) is 4.81. The topological polar surface area (TPSA) is 49.3 Å². The average Bonchev–Trinajstić information content (AvgIpc) is 2.65. The first kappa shape index (κ1) is 21.3. The van der Waals surface area contributed by atoms with E-state index in [1.807, 2.05) is 11.0 Å². The molecule has 0 atom stereocenters. The van der Waals surface area contributed by atoms with E-state index in [9.17, 15) is 4.79 Å². The molecule has 0 bridgehead atoms. The Morgan fingerprint density at radius 2 is 1.85 bits per heavy atom. The Labute approximate surface area is 166 Å². The number of carbonyl (C=O) groups excluding carboxylic acids is 1. The van der Waals surface area contributed by atoms with Gasteiger partial charge in [0.1, 0.15) is 11.0 Å². The summed E-state index contributed by atoms with van der Waals surface area (Å²) in [5.41, 5.74) is 0. The first-order valence-electron chi connectivity index (χ1n) is 9.73. The summed E-state index contributed by atoms with van der Waals surface area (Å²) in [6, 6.07) is 2.33. The van der Waals surface area contributed by atoms with Gasteiger partial charge in [-0.2, -0.15) is 0 Å². The number of halogens is 1. The lowest BCUT2D eigenvalue weighted by molar-refractivity contribution is -0.128. The van der Waals surface area contributed by atoms with Crippen molar-refractivity contribution in [2.45, 2.75) is 70.0 Å². The molecule has 0 aliphatic heterocycles. The van der Waals surface area contributed by atoms with E-state index in [1.165, 1.54) is 43.9 Å². The fraction of sp³-hybridized carbons (Fsp3) is 0.737. The average molecular weight is 399 g/mol. The number of amides is 1. The maximum Gasteiger partial charge on any atom is 0.233 e. The van der Waals surface area contributed by atoms with E-state index < -0.39 is 0 Å². The van der Waals surface area contributed by atoms with Crippen LogP contribution in [0.15, 0.2) is 11.2 Å². The van der Waals surface area contributed by atoms with E-state index in [0.717, 1.165) is 31.7 Å². The van der Waals surface area contributed by atoms with Crippen LogP contribution in [0.4, 0.5) is 5.82 Å². The quantitative estimate of drug-likeness (QED) is 0.344. The van der Waals surface area contributed by atoms with Crippen molar-refractivity contribution in [3.8, 4) is 0 Å². The third kappa shape index (κ3) is 6.31. The number of anilines is 1. The van der Waals surface area contributed by atoms with Crippen LogP contribution < -0.4 is 4.90 Å². The highest BCUT2D eigenvalue weighted by atomic mass is 35.5. The highest BCUT2D eigenvalue weighted by Gasteiger charge is 2.20. The predicted octanol–water partition coefficient (Wildman–Crippen LogP) is 4.64. The van der Waals surface area contributed by atoms with Crippen molar-refractivity contribution in [1.29, 1.82) is 0 Å². The molecular weight excluding hydrogens is 368 g/mol. The monoisotopic (exact) mass is 398 g/mol. The summed E-state index contributed by atoms with van der Waals surface area (Å²) in [6.45, 7) is 5.80. The summed E-state index contributed by atoms with van der Waals surface area (Å²) in [7, 11) is 2.08. The van der Waals surface area contributed by atoms with Gasteiger partial charge in [-0.3, -0.25) is 4.79 Å². The van der Waals surface area contributed by atoms with Crippen molar-refractivity contribution in [1.82, 2.24) is 14.9 Å². The summed E-state index contributed by atoms with van der Waals surface area (Å²) in [5, 5.41) is 1.02. The fourth-order valence-electron chi connectivity index (χ4n) is 3.40. The van der Waals surface area contributed by atoms with Gasteiger partial charge in [-0.1, -0.05) is 56.5 Å². The van der Waals surface area contributed by atoms with Crippen LogP contribution >= 0.6 is 23.4 Å². The Morgan fingerprint density at radius 3 is 2.46 bits per heavy atom. The van der Waals surface area contributed by atoms with E-state index in [4.69, 9.17) is 11.6 Å². The fourth-order valence-corrected chi connectivity index (χ4v) is 4.39. The van der Waals surface area contributed by atoms with Crippen LogP contribution in [0.1, 0.15) is 58.8 Å². The Balaban J connectivity index is 2.01. The van der Waals surface area contributed by atoms with E-state index >= 15 is 0 Å². The molecule has 1 amide bonds. The second kappa shape index (κ2) is 11.0. The molecule has 2 rings (SSSR count). The van der Waals surface area contributed by atoms with Gasteiger partial charge in [-0.25, -0.2) is 9.97 Å². The molecule has 1 aliphatic carbocycles. The zero-order chi connectivity index (χ0) is 18.9. The molecule has 5 nitrogen and oxygen atoms in total. The van der Waals surface area contributed by atoms with Crippen LogP contribution in [0.2, 0.25) is 5.15 Å². The molecule has 1 aliphatic rings. The highest BCUT2D eigenvalue weighted by molar-refractivity contribution is 7.99. The van der Waals surface area contributed by atoms with Crippen molar-refractivity contribution in [2.75, 3.05) is 30.8 Å². The molecule has 0 radical (unpaired) electrons. The standard InChI is InChI=1S/C19H31ClN4OS/c1-4-11-24(12-5-2)18(25)14-26-19-21-16(20)13-17(22-19)23(3)15-9-7-6-8-10-15/h13,15H,4-12,14H2,1-3H3. The van der Waals surface area contributed by atoms with Gasteiger partial charge in [0.25, 0.3) is 0 Å². The van der Waals surface area contributed by atoms with Gasteiger partial charge in [0.15, 0.2) is 5.16 Å². The molecule has 0 saturated heterocycles. The van der Waals surface area contributed by atoms with Crippen molar-refractivity contribution >= 4 is 35.1 Å². The molecule has 1 heterocycles. The maximum absolute atomic E-state index is 12.5. The van der Waals surface area contributed by atoms with E-state index in [0.29, 0.717) is 22.1 Å². The van der Waals surface area contributed by atoms with Gasteiger partial charge >= 0.3 is 0 Å². The van der Waals surface area contributed by atoms with Crippen LogP contribution in [0.5, 0.6) is 0 Å². The zero-order valence-electron chi connectivity index (χ0n) is 16.2. The number of rotatable bonds is 9. The van der Waals surface area contributed by atoms with Crippen LogP contribution in [-0.4, -0.2) is 52.7 Å².